The summed E-state index contributed by atoms with van der Waals surface area (Å²) in [6, 6.07) is 11.0. The van der Waals surface area contributed by atoms with E-state index < -0.39 is 22.0 Å². The maximum Gasteiger partial charge on any atom is 0.241 e. The topological polar surface area (TPSA) is 105 Å². The number of phenolic OH excluding ortho intramolecular Hbond substituents is 1. The highest BCUT2D eigenvalue weighted by Gasteiger charge is 2.23. The van der Waals surface area contributed by atoms with Gasteiger partial charge >= 0.3 is 0 Å². The molecule has 0 saturated carbocycles. The summed E-state index contributed by atoms with van der Waals surface area (Å²) in [7, 11) is -2.36. The molecule has 0 aromatic heterocycles. The summed E-state index contributed by atoms with van der Waals surface area (Å²) in [5, 5.41) is 12.2. The van der Waals surface area contributed by atoms with Crippen LogP contribution in [0.3, 0.4) is 0 Å². The summed E-state index contributed by atoms with van der Waals surface area (Å²) in [5.74, 6) is 0.157. The monoisotopic (exact) mass is 378 g/mol. The number of amides is 1. The van der Waals surface area contributed by atoms with Gasteiger partial charge in [-0.25, -0.2) is 8.42 Å². The molecule has 2 atom stereocenters. The van der Waals surface area contributed by atoms with Crippen LogP contribution in [-0.4, -0.2) is 32.6 Å². The van der Waals surface area contributed by atoms with Crippen molar-refractivity contribution in [2.75, 3.05) is 7.11 Å². The van der Waals surface area contributed by atoms with Crippen LogP contribution in [0, 0.1) is 0 Å². The Kier molecular flexibility index (Phi) is 6.23. The van der Waals surface area contributed by atoms with Crippen LogP contribution in [0.1, 0.15) is 25.5 Å². The van der Waals surface area contributed by atoms with E-state index in [-0.39, 0.29) is 16.7 Å². The molecule has 0 radical (unpaired) electrons. The van der Waals surface area contributed by atoms with Crippen LogP contribution in [0.15, 0.2) is 53.4 Å². The highest BCUT2D eigenvalue weighted by molar-refractivity contribution is 7.89. The first-order valence-electron chi connectivity index (χ1n) is 7.98. The van der Waals surface area contributed by atoms with Crippen molar-refractivity contribution >= 4 is 15.9 Å². The molecule has 1 unspecified atom stereocenters. The molecule has 0 heterocycles. The Hall–Kier alpha value is -2.58. The number of ether oxygens (including phenoxy) is 1. The molecular weight excluding hydrogens is 356 g/mol. The highest BCUT2D eigenvalue weighted by atomic mass is 32.2. The van der Waals surface area contributed by atoms with Crippen LogP contribution in [0.5, 0.6) is 11.5 Å². The number of phenols is 1. The van der Waals surface area contributed by atoms with Crippen molar-refractivity contribution < 1.29 is 23.1 Å². The summed E-state index contributed by atoms with van der Waals surface area (Å²) < 4.78 is 32.1. The van der Waals surface area contributed by atoms with Crippen molar-refractivity contribution in [2.24, 2.45) is 0 Å². The number of sulfonamides is 1. The fourth-order valence-corrected chi connectivity index (χ4v) is 3.53. The lowest BCUT2D eigenvalue weighted by atomic mass is 10.1. The standard InChI is InChI=1S/C18H22N2O5S/c1-12(14-5-4-6-15(21)11-14)19-18(22)13(2)20-26(23,24)17-9-7-16(25-3)8-10-17/h4-13,20-21H,1-3H3,(H,19,22)/t12?,13-/m0/s1. The Morgan fingerprint density at radius 1 is 1.12 bits per heavy atom. The normalized spacial score (nSPS) is 13.7. The third-order valence-electron chi connectivity index (χ3n) is 3.82. The Labute approximate surface area is 153 Å². The average molecular weight is 378 g/mol. The molecule has 2 rings (SSSR count). The van der Waals surface area contributed by atoms with Gasteiger partial charge in [0.15, 0.2) is 0 Å². The van der Waals surface area contributed by atoms with Crippen LogP contribution in [-0.2, 0) is 14.8 Å². The summed E-state index contributed by atoms with van der Waals surface area (Å²) in [4.78, 5) is 12.3. The van der Waals surface area contributed by atoms with Gasteiger partial charge in [-0.3, -0.25) is 4.79 Å². The van der Waals surface area contributed by atoms with Crippen LogP contribution in [0.25, 0.3) is 0 Å². The molecule has 2 aromatic rings. The van der Waals surface area contributed by atoms with E-state index in [1.807, 2.05) is 0 Å². The smallest absolute Gasteiger partial charge is 0.241 e. The van der Waals surface area contributed by atoms with Gasteiger partial charge in [0.1, 0.15) is 11.5 Å². The van der Waals surface area contributed by atoms with E-state index in [9.17, 15) is 18.3 Å². The quantitative estimate of drug-likeness (QED) is 0.683. The van der Waals surface area contributed by atoms with Crippen molar-refractivity contribution in [2.45, 2.75) is 30.8 Å². The molecule has 0 bridgehead atoms. The molecule has 3 N–H and O–H groups in total. The first-order valence-corrected chi connectivity index (χ1v) is 9.47. The molecule has 0 saturated heterocycles. The van der Waals surface area contributed by atoms with Gasteiger partial charge in [-0.2, -0.15) is 4.72 Å². The van der Waals surface area contributed by atoms with Crippen molar-refractivity contribution in [1.82, 2.24) is 10.0 Å². The number of carbonyl (C=O) groups excluding carboxylic acids is 1. The molecule has 0 aliphatic heterocycles. The van der Waals surface area contributed by atoms with Crippen LogP contribution in [0.2, 0.25) is 0 Å². The molecule has 0 aliphatic rings. The predicted octanol–water partition coefficient (Wildman–Crippen LogP) is 1.94. The zero-order valence-electron chi connectivity index (χ0n) is 14.8. The second-order valence-electron chi connectivity index (χ2n) is 5.84. The number of hydrogen-bond donors (Lipinski definition) is 3. The molecule has 8 heteroatoms. The molecule has 2 aromatic carbocycles. The summed E-state index contributed by atoms with van der Waals surface area (Å²) in [6.07, 6.45) is 0. The number of benzene rings is 2. The largest absolute Gasteiger partial charge is 0.508 e. The lowest BCUT2D eigenvalue weighted by Gasteiger charge is -2.19. The number of nitrogens with one attached hydrogen (secondary N) is 2. The maximum atomic E-state index is 12.4. The number of carbonyl (C=O) groups is 1. The number of methoxy groups -OCH3 is 1. The van der Waals surface area contributed by atoms with Crippen molar-refractivity contribution in [3.05, 3.63) is 54.1 Å². The molecule has 1 amide bonds. The fourth-order valence-electron chi connectivity index (χ4n) is 2.33. The van der Waals surface area contributed by atoms with Gasteiger partial charge in [0, 0.05) is 0 Å². The Morgan fingerprint density at radius 3 is 2.35 bits per heavy atom. The molecule has 140 valence electrons. The van der Waals surface area contributed by atoms with E-state index in [0.29, 0.717) is 11.3 Å². The second kappa shape index (κ2) is 8.20. The minimum atomic E-state index is -3.84. The van der Waals surface area contributed by atoms with E-state index in [1.54, 1.807) is 19.1 Å². The van der Waals surface area contributed by atoms with Gasteiger partial charge in [-0.15, -0.1) is 0 Å². The minimum Gasteiger partial charge on any atom is -0.508 e. The fraction of sp³-hybridized carbons (Fsp3) is 0.278. The number of hydrogen-bond acceptors (Lipinski definition) is 5. The van der Waals surface area contributed by atoms with Crippen LogP contribution < -0.4 is 14.8 Å². The van der Waals surface area contributed by atoms with E-state index >= 15 is 0 Å². The van der Waals surface area contributed by atoms with E-state index in [1.165, 1.54) is 50.4 Å². The predicted molar refractivity (Wildman–Crippen MR) is 97.4 cm³/mol. The van der Waals surface area contributed by atoms with Crippen molar-refractivity contribution in [1.29, 1.82) is 0 Å². The number of rotatable bonds is 7. The van der Waals surface area contributed by atoms with E-state index in [0.717, 1.165) is 0 Å². The van der Waals surface area contributed by atoms with E-state index in [4.69, 9.17) is 4.74 Å². The molecule has 26 heavy (non-hydrogen) atoms. The Balaban J connectivity index is 2.03. The second-order valence-corrected chi connectivity index (χ2v) is 7.56. The molecule has 0 fully saturated rings. The lowest BCUT2D eigenvalue weighted by Crippen LogP contribution is -2.45. The zero-order valence-corrected chi connectivity index (χ0v) is 15.6. The first kappa shape index (κ1) is 19.7. The third kappa shape index (κ3) is 4.96. The zero-order chi connectivity index (χ0) is 19.3. The van der Waals surface area contributed by atoms with Gasteiger partial charge < -0.3 is 15.2 Å². The van der Waals surface area contributed by atoms with Gasteiger partial charge in [-0.05, 0) is 55.8 Å². The highest BCUT2D eigenvalue weighted by Crippen LogP contribution is 2.18. The molecular formula is C18H22N2O5S. The van der Waals surface area contributed by atoms with Gasteiger partial charge in [0.25, 0.3) is 0 Å². The van der Waals surface area contributed by atoms with Crippen LogP contribution >= 0.6 is 0 Å². The third-order valence-corrected chi connectivity index (χ3v) is 5.38. The lowest BCUT2D eigenvalue weighted by molar-refractivity contribution is -0.123. The maximum absolute atomic E-state index is 12.4. The molecule has 7 nitrogen and oxygen atoms in total. The Morgan fingerprint density at radius 2 is 1.77 bits per heavy atom. The molecule has 0 aliphatic carbocycles. The number of aromatic hydroxyl groups is 1. The SMILES string of the molecule is COc1ccc(S(=O)(=O)N[C@@H](C)C(=O)NC(C)c2cccc(O)c2)cc1. The van der Waals surface area contributed by atoms with Gasteiger partial charge in [0.05, 0.1) is 24.1 Å². The average Bonchev–Trinajstić information content (AvgIpc) is 2.61. The van der Waals surface area contributed by atoms with Crippen LogP contribution in [0.4, 0.5) is 0 Å². The van der Waals surface area contributed by atoms with Gasteiger partial charge in [-0.1, -0.05) is 12.1 Å². The summed E-state index contributed by atoms with van der Waals surface area (Å²) >= 11 is 0. The van der Waals surface area contributed by atoms with E-state index in [2.05, 4.69) is 10.0 Å². The van der Waals surface area contributed by atoms with Crippen molar-refractivity contribution in [3.63, 3.8) is 0 Å². The molecule has 0 spiro atoms. The summed E-state index contributed by atoms with van der Waals surface area (Å²) in [5.41, 5.74) is 0.712. The Bertz CT molecular complexity index is 865. The van der Waals surface area contributed by atoms with Crippen molar-refractivity contribution in [3.8, 4) is 11.5 Å². The summed E-state index contributed by atoms with van der Waals surface area (Å²) in [6.45, 7) is 3.21. The van der Waals surface area contributed by atoms with Gasteiger partial charge in [0.2, 0.25) is 15.9 Å². The minimum absolute atomic E-state index is 0.0407. The first-order chi connectivity index (χ1) is 12.2.